The molecule has 0 fully saturated rings. The zero-order valence-electron chi connectivity index (χ0n) is 9.46. The van der Waals surface area contributed by atoms with E-state index in [9.17, 15) is 0 Å². The van der Waals surface area contributed by atoms with Gasteiger partial charge in [0.2, 0.25) is 0 Å². The van der Waals surface area contributed by atoms with E-state index >= 15 is 0 Å². The van der Waals surface area contributed by atoms with Crippen LogP contribution in [0.4, 0.5) is 5.69 Å². The summed E-state index contributed by atoms with van der Waals surface area (Å²) in [4.78, 5) is 6.54. The van der Waals surface area contributed by atoms with E-state index in [4.69, 9.17) is 22.4 Å². The maximum Gasteiger partial charge on any atom is 0.123 e. The molecule has 0 saturated carbocycles. The first kappa shape index (κ1) is 11.6. The lowest BCUT2D eigenvalue weighted by Crippen LogP contribution is -2.17. The van der Waals surface area contributed by atoms with Gasteiger partial charge in [0.25, 0.3) is 0 Å². The smallest absolute Gasteiger partial charge is 0.123 e. The van der Waals surface area contributed by atoms with Crippen LogP contribution < -0.4 is 10.6 Å². The van der Waals surface area contributed by atoms with Gasteiger partial charge in [0.1, 0.15) is 10.7 Å². The van der Waals surface area contributed by atoms with Gasteiger partial charge in [-0.3, -0.25) is 4.98 Å². The molecule has 0 aliphatic rings. The molecule has 88 valence electrons. The number of hydrogen-bond donors (Lipinski definition) is 1. The lowest BCUT2D eigenvalue weighted by molar-refractivity contribution is 0.507. The SMILES string of the molecule is CN(Cc1ccco1)c1ccc(C(N)=S)nc1. The van der Waals surface area contributed by atoms with Gasteiger partial charge in [-0.15, -0.1) is 0 Å². The number of rotatable bonds is 4. The van der Waals surface area contributed by atoms with Crippen molar-refractivity contribution in [3.05, 3.63) is 48.2 Å². The number of aromatic nitrogens is 1. The molecule has 0 bridgehead atoms. The van der Waals surface area contributed by atoms with Crippen molar-refractivity contribution < 1.29 is 4.42 Å². The van der Waals surface area contributed by atoms with E-state index < -0.39 is 0 Å². The minimum atomic E-state index is 0.310. The molecule has 2 heterocycles. The van der Waals surface area contributed by atoms with Gasteiger partial charge < -0.3 is 15.1 Å². The quantitative estimate of drug-likeness (QED) is 0.837. The molecule has 0 saturated heterocycles. The predicted molar refractivity (Wildman–Crippen MR) is 70.9 cm³/mol. The standard InChI is InChI=1S/C12H13N3OS/c1-15(8-10-3-2-6-16-10)9-4-5-11(12(13)17)14-7-9/h2-7H,8H2,1H3,(H2,13,17). The molecule has 5 heteroatoms. The van der Waals surface area contributed by atoms with Crippen molar-refractivity contribution in [3.8, 4) is 0 Å². The number of hydrogen-bond acceptors (Lipinski definition) is 4. The second-order valence-electron chi connectivity index (χ2n) is 3.70. The van der Waals surface area contributed by atoms with Crippen LogP contribution in [0.2, 0.25) is 0 Å². The van der Waals surface area contributed by atoms with Crippen LogP contribution >= 0.6 is 12.2 Å². The Bertz CT molecular complexity index is 493. The fourth-order valence-corrected chi connectivity index (χ4v) is 1.61. The van der Waals surface area contributed by atoms with Gasteiger partial charge in [0, 0.05) is 7.05 Å². The summed E-state index contributed by atoms with van der Waals surface area (Å²) in [6.45, 7) is 0.696. The summed E-state index contributed by atoms with van der Waals surface area (Å²) in [6, 6.07) is 7.56. The highest BCUT2D eigenvalue weighted by Gasteiger charge is 2.05. The van der Waals surface area contributed by atoms with Crippen LogP contribution in [-0.4, -0.2) is 17.0 Å². The molecule has 0 aromatic carbocycles. The predicted octanol–water partition coefficient (Wildman–Crippen LogP) is 1.95. The first-order valence-corrected chi connectivity index (χ1v) is 5.57. The maximum atomic E-state index is 5.49. The fourth-order valence-electron chi connectivity index (χ4n) is 1.49. The molecule has 0 aliphatic carbocycles. The maximum absolute atomic E-state index is 5.49. The highest BCUT2D eigenvalue weighted by molar-refractivity contribution is 7.80. The van der Waals surface area contributed by atoms with E-state index in [1.54, 1.807) is 12.5 Å². The van der Waals surface area contributed by atoms with Crippen LogP contribution in [0, 0.1) is 0 Å². The van der Waals surface area contributed by atoms with Crippen molar-refractivity contribution in [2.75, 3.05) is 11.9 Å². The molecule has 0 atom stereocenters. The van der Waals surface area contributed by atoms with Crippen molar-refractivity contribution in [3.63, 3.8) is 0 Å². The van der Waals surface area contributed by atoms with Crippen molar-refractivity contribution >= 4 is 22.9 Å². The van der Waals surface area contributed by atoms with E-state index in [1.165, 1.54) is 0 Å². The van der Waals surface area contributed by atoms with Gasteiger partial charge in [-0.05, 0) is 24.3 Å². The van der Waals surface area contributed by atoms with Crippen LogP contribution in [-0.2, 0) is 6.54 Å². The minimum Gasteiger partial charge on any atom is -0.467 e. The second kappa shape index (κ2) is 4.97. The van der Waals surface area contributed by atoms with Crippen molar-refractivity contribution in [1.29, 1.82) is 0 Å². The molecule has 2 aromatic heterocycles. The molecule has 0 spiro atoms. The molecule has 0 aliphatic heterocycles. The number of furan rings is 1. The number of anilines is 1. The summed E-state index contributed by atoms with van der Waals surface area (Å²) in [5.74, 6) is 0.908. The average Bonchev–Trinajstić information content (AvgIpc) is 2.82. The summed E-state index contributed by atoms with van der Waals surface area (Å²) in [6.07, 6.45) is 3.41. The Hall–Kier alpha value is -1.88. The van der Waals surface area contributed by atoms with Gasteiger partial charge in [0.15, 0.2) is 0 Å². The summed E-state index contributed by atoms with van der Waals surface area (Å²) in [5.41, 5.74) is 7.11. The van der Waals surface area contributed by atoms with Crippen LogP contribution in [0.15, 0.2) is 41.1 Å². The molecule has 17 heavy (non-hydrogen) atoms. The average molecular weight is 247 g/mol. The Balaban J connectivity index is 2.09. The second-order valence-corrected chi connectivity index (χ2v) is 4.14. The van der Waals surface area contributed by atoms with Gasteiger partial charge in [0.05, 0.1) is 30.4 Å². The molecular weight excluding hydrogens is 234 g/mol. The highest BCUT2D eigenvalue weighted by atomic mass is 32.1. The molecule has 0 amide bonds. The molecule has 0 unspecified atom stereocenters. The topological polar surface area (TPSA) is 55.3 Å². The number of nitrogens with zero attached hydrogens (tertiary/aromatic N) is 2. The van der Waals surface area contributed by atoms with E-state index in [0.717, 1.165) is 11.4 Å². The third kappa shape index (κ3) is 2.82. The monoisotopic (exact) mass is 247 g/mol. The fraction of sp³-hybridized carbons (Fsp3) is 0.167. The molecule has 2 N–H and O–H groups in total. The van der Waals surface area contributed by atoms with E-state index in [2.05, 4.69) is 4.98 Å². The highest BCUT2D eigenvalue weighted by Crippen LogP contribution is 2.14. The minimum absolute atomic E-state index is 0.310. The lowest BCUT2D eigenvalue weighted by Gasteiger charge is -2.17. The van der Waals surface area contributed by atoms with Crippen LogP contribution in [0.5, 0.6) is 0 Å². The number of thiocarbonyl (C=S) groups is 1. The summed E-state index contributed by atoms with van der Waals surface area (Å²) in [5, 5.41) is 0. The first-order chi connectivity index (χ1) is 8.16. The largest absolute Gasteiger partial charge is 0.467 e. The van der Waals surface area contributed by atoms with Crippen LogP contribution in [0.1, 0.15) is 11.5 Å². The summed E-state index contributed by atoms with van der Waals surface area (Å²) < 4.78 is 5.28. The molecule has 4 nitrogen and oxygen atoms in total. The third-order valence-electron chi connectivity index (χ3n) is 2.41. The Morgan fingerprint density at radius 2 is 2.29 bits per heavy atom. The van der Waals surface area contributed by atoms with Gasteiger partial charge in [-0.1, -0.05) is 12.2 Å². The summed E-state index contributed by atoms with van der Waals surface area (Å²) in [7, 11) is 1.97. The Morgan fingerprint density at radius 3 is 2.82 bits per heavy atom. The Kier molecular flexibility index (Phi) is 3.39. The van der Waals surface area contributed by atoms with Crippen LogP contribution in [0.25, 0.3) is 0 Å². The first-order valence-electron chi connectivity index (χ1n) is 5.16. The van der Waals surface area contributed by atoms with E-state index in [0.29, 0.717) is 17.2 Å². The zero-order valence-corrected chi connectivity index (χ0v) is 10.3. The molecule has 2 rings (SSSR count). The normalized spacial score (nSPS) is 10.2. The van der Waals surface area contributed by atoms with Gasteiger partial charge >= 0.3 is 0 Å². The Labute approximate surface area is 105 Å². The van der Waals surface area contributed by atoms with Gasteiger partial charge in [-0.25, -0.2) is 0 Å². The van der Waals surface area contributed by atoms with Crippen molar-refractivity contribution in [2.45, 2.75) is 6.54 Å². The van der Waals surface area contributed by atoms with E-state index in [1.807, 2.05) is 36.2 Å². The Morgan fingerprint density at radius 1 is 1.47 bits per heavy atom. The van der Waals surface area contributed by atoms with E-state index in [-0.39, 0.29) is 0 Å². The number of nitrogens with two attached hydrogens (primary N) is 1. The van der Waals surface area contributed by atoms with Crippen molar-refractivity contribution in [1.82, 2.24) is 4.98 Å². The lowest BCUT2D eigenvalue weighted by atomic mass is 10.3. The molecule has 2 aromatic rings. The van der Waals surface area contributed by atoms with Crippen molar-refractivity contribution in [2.24, 2.45) is 5.73 Å². The van der Waals surface area contributed by atoms with Gasteiger partial charge in [-0.2, -0.15) is 0 Å². The molecule has 0 radical (unpaired) electrons. The molecular formula is C12H13N3OS. The van der Waals surface area contributed by atoms with Crippen LogP contribution in [0.3, 0.4) is 0 Å². The number of pyridine rings is 1. The third-order valence-corrected chi connectivity index (χ3v) is 2.62. The summed E-state index contributed by atoms with van der Waals surface area (Å²) >= 11 is 4.85. The zero-order chi connectivity index (χ0) is 12.3.